The smallest absolute Gasteiger partial charge is 0.239 e. The van der Waals surface area contributed by atoms with Gasteiger partial charge in [0.05, 0.1) is 34.7 Å². The van der Waals surface area contributed by atoms with Gasteiger partial charge >= 0.3 is 0 Å². The van der Waals surface area contributed by atoms with Crippen LogP contribution in [0.15, 0.2) is 48.8 Å². The van der Waals surface area contributed by atoms with Crippen LogP contribution in [0, 0.1) is 11.3 Å². The van der Waals surface area contributed by atoms with Crippen molar-refractivity contribution in [1.82, 2.24) is 25.1 Å². The van der Waals surface area contributed by atoms with Gasteiger partial charge in [0.1, 0.15) is 6.07 Å². The first-order chi connectivity index (χ1) is 19.5. The molecule has 3 aliphatic rings. The molecule has 2 aromatic heterocycles. The van der Waals surface area contributed by atoms with Gasteiger partial charge in [-0.2, -0.15) is 5.26 Å². The molecule has 9 nitrogen and oxygen atoms in total. The minimum Gasteiger partial charge on any atom is -0.368 e. The minimum absolute atomic E-state index is 0.0135. The van der Waals surface area contributed by atoms with Gasteiger partial charge in [-0.05, 0) is 69.6 Å². The lowest BCUT2D eigenvalue weighted by atomic mass is 10.0. The number of fused-ring (bicyclic) bond motifs is 1. The summed E-state index contributed by atoms with van der Waals surface area (Å²) in [6.07, 6.45) is 5.80. The number of anilines is 2. The minimum atomic E-state index is 0.0135. The molecular formula is C31H38N8O. The van der Waals surface area contributed by atoms with Crippen LogP contribution in [-0.2, 0) is 11.3 Å². The molecular weight excluding hydrogens is 500 g/mol. The molecule has 208 valence electrons. The van der Waals surface area contributed by atoms with Gasteiger partial charge in [0, 0.05) is 75.2 Å². The summed E-state index contributed by atoms with van der Waals surface area (Å²) >= 11 is 0. The SMILES string of the molecule is CC1CN(c2ccc(C#N)c3ncccc23)CC(C)N1Cc1ccc(N2CCN(C(=O)C3CCCN3)CC2)cn1. The number of rotatable bonds is 5. The van der Waals surface area contributed by atoms with E-state index in [-0.39, 0.29) is 11.9 Å². The lowest BCUT2D eigenvalue weighted by Gasteiger charge is -2.45. The molecule has 5 heterocycles. The molecule has 3 saturated heterocycles. The molecule has 6 rings (SSSR count). The molecule has 0 bridgehead atoms. The van der Waals surface area contributed by atoms with E-state index in [2.05, 4.69) is 69.2 Å². The summed E-state index contributed by atoms with van der Waals surface area (Å²) < 4.78 is 0. The highest BCUT2D eigenvalue weighted by Gasteiger charge is 2.31. The average molecular weight is 539 g/mol. The number of benzene rings is 1. The van der Waals surface area contributed by atoms with E-state index in [1.54, 1.807) is 6.20 Å². The van der Waals surface area contributed by atoms with Crippen LogP contribution in [0.2, 0.25) is 0 Å². The number of nitriles is 1. The van der Waals surface area contributed by atoms with Crippen molar-refractivity contribution < 1.29 is 4.79 Å². The molecule has 3 aliphatic heterocycles. The Bertz CT molecular complexity index is 1380. The number of pyridine rings is 2. The van der Waals surface area contributed by atoms with Crippen molar-refractivity contribution in [1.29, 1.82) is 5.26 Å². The van der Waals surface area contributed by atoms with Gasteiger partial charge in [-0.15, -0.1) is 0 Å². The first-order valence-electron chi connectivity index (χ1n) is 14.5. The van der Waals surface area contributed by atoms with E-state index in [1.165, 1.54) is 0 Å². The van der Waals surface area contributed by atoms with E-state index in [1.807, 2.05) is 23.2 Å². The van der Waals surface area contributed by atoms with E-state index in [0.29, 0.717) is 17.6 Å². The molecule has 1 aromatic carbocycles. The van der Waals surface area contributed by atoms with E-state index < -0.39 is 0 Å². The third kappa shape index (κ3) is 5.21. The highest BCUT2D eigenvalue weighted by molar-refractivity contribution is 5.95. The molecule has 40 heavy (non-hydrogen) atoms. The Kier molecular flexibility index (Phi) is 7.55. The predicted octanol–water partition coefficient (Wildman–Crippen LogP) is 3.00. The van der Waals surface area contributed by atoms with Crippen LogP contribution in [-0.4, -0.2) is 89.6 Å². The maximum atomic E-state index is 12.7. The Labute approximate surface area is 236 Å². The quantitative estimate of drug-likeness (QED) is 0.530. The van der Waals surface area contributed by atoms with Crippen LogP contribution in [0.25, 0.3) is 10.9 Å². The zero-order valence-electron chi connectivity index (χ0n) is 23.5. The van der Waals surface area contributed by atoms with Crippen molar-refractivity contribution in [2.45, 2.75) is 51.4 Å². The largest absolute Gasteiger partial charge is 0.368 e. The lowest BCUT2D eigenvalue weighted by Crippen LogP contribution is -2.56. The Morgan fingerprint density at radius 1 is 1.02 bits per heavy atom. The maximum Gasteiger partial charge on any atom is 0.239 e. The number of nitrogens with zero attached hydrogens (tertiary/aromatic N) is 7. The number of piperazine rings is 2. The number of hydrogen-bond donors (Lipinski definition) is 1. The first kappa shape index (κ1) is 26.5. The van der Waals surface area contributed by atoms with E-state index in [9.17, 15) is 10.1 Å². The Balaban J connectivity index is 1.07. The molecule has 0 spiro atoms. The van der Waals surface area contributed by atoms with E-state index in [0.717, 1.165) is 93.2 Å². The monoisotopic (exact) mass is 538 g/mol. The average Bonchev–Trinajstić information content (AvgIpc) is 3.54. The second-order valence-electron chi connectivity index (χ2n) is 11.4. The zero-order chi connectivity index (χ0) is 27.6. The van der Waals surface area contributed by atoms with Crippen molar-refractivity contribution in [2.24, 2.45) is 0 Å². The van der Waals surface area contributed by atoms with Crippen molar-refractivity contribution in [2.75, 3.05) is 55.6 Å². The normalized spacial score (nSPS) is 23.9. The summed E-state index contributed by atoms with van der Waals surface area (Å²) in [4.78, 5) is 31.4. The summed E-state index contributed by atoms with van der Waals surface area (Å²) in [5.41, 5.74) is 4.73. The number of carbonyl (C=O) groups is 1. The predicted molar refractivity (Wildman–Crippen MR) is 157 cm³/mol. The molecule has 9 heteroatoms. The number of amides is 1. The summed E-state index contributed by atoms with van der Waals surface area (Å²) in [5, 5.41) is 13.9. The van der Waals surface area contributed by atoms with E-state index >= 15 is 0 Å². The molecule has 3 aromatic rings. The topological polar surface area (TPSA) is 91.6 Å². The van der Waals surface area contributed by atoms with Crippen LogP contribution in [0.5, 0.6) is 0 Å². The second kappa shape index (κ2) is 11.4. The fraction of sp³-hybridized carbons (Fsp3) is 0.484. The Morgan fingerprint density at radius 3 is 2.50 bits per heavy atom. The Hall–Kier alpha value is -3.74. The van der Waals surface area contributed by atoms with Crippen molar-refractivity contribution >= 4 is 28.2 Å². The summed E-state index contributed by atoms with van der Waals surface area (Å²) in [6, 6.07) is 15.3. The lowest BCUT2D eigenvalue weighted by molar-refractivity contribution is -0.133. The van der Waals surface area contributed by atoms with Gasteiger partial charge in [0.2, 0.25) is 5.91 Å². The molecule has 3 fully saturated rings. The summed E-state index contributed by atoms with van der Waals surface area (Å²) in [5.74, 6) is 0.262. The van der Waals surface area contributed by atoms with Crippen molar-refractivity contribution in [3.8, 4) is 6.07 Å². The fourth-order valence-corrected chi connectivity index (χ4v) is 6.57. The summed E-state index contributed by atoms with van der Waals surface area (Å²) in [6.45, 7) is 11.3. The van der Waals surface area contributed by atoms with Crippen LogP contribution >= 0.6 is 0 Å². The second-order valence-corrected chi connectivity index (χ2v) is 11.4. The fourth-order valence-electron chi connectivity index (χ4n) is 6.57. The molecule has 1 amide bonds. The molecule has 0 aliphatic carbocycles. The molecule has 3 unspecified atom stereocenters. The van der Waals surface area contributed by atoms with Crippen LogP contribution in [0.1, 0.15) is 37.9 Å². The first-order valence-corrected chi connectivity index (χ1v) is 14.5. The Morgan fingerprint density at radius 2 is 1.82 bits per heavy atom. The van der Waals surface area contributed by atoms with Gasteiger partial charge in [-0.3, -0.25) is 19.7 Å². The number of hydrogen-bond acceptors (Lipinski definition) is 8. The van der Waals surface area contributed by atoms with Gasteiger partial charge in [0.25, 0.3) is 0 Å². The molecule has 0 saturated carbocycles. The number of carbonyl (C=O) groups excluding carboxylic acids is 1. The van der Waals surface area contributed by atoms with Gasteiger partial charge in [0.15, 0.2) is 0 Å². The molecule has 1 N–H and O–H groups in total. The van der Waals surface area contributed by atoms with Crippen LogP contribution < -0.4 is 15.1 Å². The third-order valence-corrected chi connectivity index (χ3v) is 8.78. The standard InChI is InChI=1S/C31H38N8O/c1-22-19-38(29-10-7-24(17-32)30-27(29)5-3-12-34-30)20-23(2)39(22)21-25-8-9-26(18-35-25)36-13-15-37(16-14-36)31(40)28-6-4-11-33-28/h3,5,7-10,12,18,22-23,28,33H,4,6,11,13-16,19-21H2,1-2H3. The zero-order valence-corrected chi connectivity index (χ0v) is 23.5. The number of nitrogens with one attached hydrogen (secondary N) is 1. The highest BCUT2D eigenvalue weighted by atomic mass is 16.2. The maximum absolute atomic E-state index is 12.7. The molecule has 3 atom stereocenters. The number of aromatic nitrogens is 2. The summed E-state index contributed by atoms with van der Waals surface area (Å²) in [7, 11) is 0. The van der Waals surface area contributed by atoms with Crippen LogP contribution in [0.3, 0.4) is 0 Å². The van der Waals surface area contributed by atoms with Gasteiger partial charge < -0.3 is 20.0 Å². The highest BCUT2D eigenvalue weighted by Crippen LogP contribution is 2.31. The van der Waals surface area contributed by atoms with Crippen molar-refractivity contribution in [3.63, 3.8) is 0 Å². The molecule has 0 radical (unpaired) electrons. The van der Waals surface area contributed by atoms with Gasteiger partial charge in [-0.1, -0.05) is 0 Å². The van der Waals surface area contributed by atoms with Crippen molar-refractivity contribution in [3.05, 3.63) is 60.0 Å². The van der Waals surface area contributed by atoms with Gasteiger partial charge in [-0.25, -0.2) is 0 Å². The van der Waals surface area contributed by atoms with Crippen LogP contribution in [0.4, 0.5) is 11.4 Å². The van der Waals surface area contributed by atoms with E-state index in [4.69, 9.17) is 4.98 Å². The third-order valence-electron chi connectivity index (χ3n) is 8.78.